The molecule has 0 aliphatic heterocycles. The van der Waals surface area contributed by atoms with Crippen LogP contribution in [0.3, 0.4) is 0 Å². The predicted octanol–water partition coefficient (Wildman–Crippen LogP) is 13.4. The van der Waals surface area contributed by atoms with Crippen LogP contribution in [0.4, 0.5) is 34.1 Å². The highest BCUT2D eigenvalue weighted by Crippen LogP contribution is 2.35. The van der Waals surface area contributed by atoms with Gasteiger partial charge >= 0.3 is 0 Å². The number of benzene rings is 8. The van der Waals surface area contributed by atoms with Gasteiger partial charge in [-0.25, -0.2) is 0 Å². The Kier molecular flexibility index (Phi) is 11.7. The molecule has 0 heterocycles. The van der Waals surface area contributed by atoms with Crippen molar-refractivity contribution in [1.82, 2.24) is 0 Å². The summed E-state index contributed by atoms with van der Waals surface area (Å²) in [6.45, 7) is 0. The zero-order valence-electron chi connectivity index (χ0n) is 32.6. The SMILES string of the molecule is N#C/C(=C(/C#N)c1ccc(C#Cc2ccc(N(c3ccccc3)c3ccccc3)cc2)cc1)c1ccc(C#Cc2ccc(N(c3ccccc3)c3ccccc3)cc2)cc1. The van der Waals surface area contributed by atoms with E-state index in [1.807, 2.05) is 146 Å². The van der Waals surface area contributed by atoms with Crippen LogP contribution in [0, 0.1) is 46.3 Å². The Bertz CT molecular complexity index is 2650. The van der Waals surface area contributed by atoms with Gasteiger partial charge < -0.3 is 9.80 Å². The lowest BCUT2D eigenvalue weighted by Gasteiger charge is -2.25. The maximum atomic E-state index is 10.2. The molecule has 0 fully saturated rings. The summed E-state index contributed by atoms with van der Waals surface area (Å²) in [6.07, 6.45) is 0. The Morgan fingerprint density at radius 2 is 0.483 bits per heavy atom. The molecule has 0 unspecified atom stereocenters. The van der Waals surface area contributed by atoms with Crippen LogP contribution in [0.2, 0.25) is 0 Å². The molecule has 0 aliphatic rings. The third-order valence-corrected chi connectivity index (χ3v) is 9.83. The van der Waals surface area contributed by atoms with Crippen molar-refractivity contribution in [1.29, 1.82) is 10.5 Å². The smallest absolute Gasteiger partial charge is 0.101 e. The molecule has 280 valence electrons. The second-order valence-corrected chi connectivity index (χ2v) is 13.7. The van der Waals surface area contributed by atoms with E-state index < -0.39 is 0 Å². The van der Waals surface area contributed by atoms with Gasteiger partial charge in [-0.05, 0) is 132 Å². The summed E-state index contributed by atoms with van der Waals surface area (Å²) in [5.41, 5.74) is 11.6. The zero-order valence-corrected chi connectivity index (χ0v) is 32.6. The summed E-state index contributed by atoms with van der Waals surface area (Å²) in [5.74, 6) is 13.0. The van der Waals surface area contributed by atoms with Crippen molar-refractivity contribution in [3.63, 3.8) is 0 Å². The number of nitriles is 2. The van der Waals surface area contributed by atoms with Gasteiger partial charge in [0.15, 0.2) is 0 Å². The number of rotatable bonds is 8. The highest BCUT2D eigenvalue weighted by atomic mass is 15.1. The van der Waals surface area contributed by atoms with Gasteiger partial charge in [0.25, 0.3) is 0 Å². The maximum absolute atomic E-state index is 10.2. The molecule has 0 aromatic heterocycles. The lowest BCUT2D eigenvalue weighted by Crippen LogP contribution is -2.09. The summed E-state index contributed by atoms with van der Waals surface area (Å²) in [6, 6.07) is 76.9. The van der Waals surface area contributed by atoms with Gasteiger partial charge in [-0.3, -0.25) is 0 Å². The molecule has 0 aliphatic carbocycles. The van der Waals surface area contributed by atoms with Gasteiger partial charge in [-0.15, -0.1) is 0 Å². The fourth-order valence-corrected chi connectivity index (χ4v) is 6.85. The molecule has 0 amide bonds. The Morgan fingerprint density at radius 1 is 0.267 bits per heavy atom. The second kappa shape index (κ2) is 18.4. The molecule has 0 radical (unpaired) electrons. The van der Waals surface area contributed by atoms with Crippen LogP contribution in [0.15, 0.2) is 218 Å². The quantitative estimate of drug-likeness (QED) is 0.0878. The molecule has 8 rings (SSSR count). The average Bonchev–Trinajstić information content (AvgIpc) is 3.32. The van der Waals surface area contributed by atoms with Crippen molar-refractivity contribution in [3.8, 4) is 35.8 Å². The van der Waals surface area contributed by atoms with Crippen LogP contribution in [0.25, 0.3) is 11.1 Å². The fraction of sp³-hybridized carbons (Fsp3) is 0. The monoisotopic (exact) mass is 764 g/mol. The van der Waals surface area contributed by atoms with Gasteiger partial charge in [-0.2, -0.15) is 10.5 Å². The van der Waals surface area contributed by atoms with Crippen molar-refractivity contribution in [2.75, 3.05) is 9.80 Å². The molecule has 0 bridgehead atoms. The van der Waals surface area contributed by atoms with Crippen LogP contribution in [0.5, 0.6) is 0 Å². The molecule has 0 spiro atoms. The van der Waals surface area contributed by atoms with E-state index >= 15 is 0 Å². The molecule has 0 N–H and O–H groups in total. The van der Waals surface area contributed by atoms with E-state index in [0.717, 1.165) is 56.4 Å². The minimum Gasteiger partial charge on any atom is -0.311 e. The highest BCUT2D eigenvalue weighted by Gasteiger charge is 2.14. The minimum absolute atomic E-state index is 0.299. The normalized spacial score (nSPS) is 10.6. The van der Waals surface area contributed by atoms with Crippen LogP contribution in [-0.4, -0.2) is 0 Å². The first kappa shape index (κ1) is 38.1. The predicted molar refractivity (Wildman–Crippen MR) is 245 cm³/mol. The minimum atomic E-state index is 0.299. The van der Waals surface area contributed by atoms with Crippen molar-refractivity contribution in [2.45, 2.75) is 0 Å². The first-order chi connectivity index (χ1) is 29.7. The molecule has 60 heavy (non-hydrogen) atoms. The molecule has 4 nitrogen and oxygen atoms in total. The lowest BCUT2D eigenvalue weighted by atomic mass is 9.95. The van der Waals surface area contributed by atoms with Crippen molar-refractivity contribution >= 4 is 45.3 Å². The van der Waals surface area contributed by atoms with Crippen molar-refractivity contribution in [3.05, 3.63) is 252 Å². The summed E-state index contributed by atoms with van der Waals surface area (Å²) in [5, 5.41) is 20.4. The Hall–Kier alpha value is -8.80. The van der Waals surface area contributed by atoms with Crippen LogP contribution in [0.1, 0.15) is 33.4 Å². The molecular weight excluding hydrogens is 729 g/mol. The molecule has 0 atom stereocenters. The number of nitrogens with zero attached hydrogens (tertiary/aromatic N) is 4. The summed E-state index contributed by atoms with van der Waals surface area (Å²) >= 11 is 0. The van der Waals surface area contributed by atoms with Crippen molar-refractivity contribution in [2.24, 2.45) is 0 Å². The van der Waals surface area contributed by atoms with Gasteiger partial charge in [0.05, 0.1) is 11.1 Å². The van der Waals surface area contributed by atoms with E-state index in [9.17, 15) is 10.5 Å². The molecule has 8 aromatic carbocycles. The number of para-hydroxylation sites is 4. The van der Waals surface area contributed by atoms with E-state index in [1.165, 1.54) is 0 Å². The standard InChI is InChI=1S/C56H36N4/c57-41-55(47-33-25-43(26-34-47)21-23-45-29-37-53(38-30-45)59(49-13-5-1-6-14-49)50-15-7-2-8-16-50)56(42-58)48-35-27-44(28-36-48)22-24-46-31-39-54(40-32-46)60(51-17-9-3-10-18-51)52-19-11-4-12-20-52/h1-20,25-40H/b56-55+. The lowest BCUT2D eigenvalue weighted by molar-refractivity contribution is 1.28. The van der Waals surface area contributed by atoms with E-state index in [0.29, 0.717) is 22.3 Å². The molecule has 0 saturated heterocycles. The van der Waals surface area contributed by atoms with E-state index in [4.69, 9.17) is 0 Å². The third kappa shape index (κ3) is 8.92. The molecule has 8 aromatic rings. The van der Waals surface area contributed by atoms with E-state index in [2.05, 4.69) is 118 Å². The van der Waals surface area contributed by atoms with E-state index in [-0.39, 0.29) is 0 Å². The average molecular weight is 765 g/mol. The van der Waals surface area contributed by atoms with E-state index in [1.54, 1.807) is 0 Å². The Labute approximate surface area is 351 Å². The van der Waals surface area contributed by atoms with Gasteiger partial charge in [0.1, 0.15) is 12.1 Å². The zero-order chi connectivity index (χ0) is 40.9. The Morgan fingerprint density at radius 3 is 0.717 bits per heavy atom. The van der Waals surface area contributed by atoms with Gasteiger partial charge in [-0.1, -0.05) is 121 Å². The topological polar surface area (TPSA) is 54.1 Å². The number of allylic oxidation sites excluding steroid dienone is 2. The summed E-state index contributed by atoms with van der Waals surface area (Å²) < 4.78 is 0. The maximum Gasteiger partial charge on any atom is 0.101 e. The summed E-state index contributed by atoms with van der Waals surface area (Å²) in [4.78, 5) is 4.42. The number of hydrogen-bond donors (Lipinski definition) is 0. The highest BCUT2D eigenvalue weighted by molar-refractivity contribution is 6.02. The molecule has 4 heteroatoms. The van der Waals surface area contributed by atoms with Gasteiger partial charge in [0.2, 0.25) is 0 Å². The summed E-state index contributed by atoms with van der Waals surface area (Å²) in [7, 11) is 0. The van der Waals surface area contributed by atoms with Crippen molar-refractivity contribution < 1.29 is 0 Å². The van der Waals surface area contributed by atoms with Crippen LogP contribution in [-0.2, 0) is 0 Å². The molecular formula is C56H36N4. The Balaban J connectivity index is 0.956. The first-order valence-electron chi connectivity index (χ1n) is 19.5. The number of anilines is 6. The number of hydrogen-bond acceptors (Lipinski definition) is 4. The van der Waals surface area contributed by atoms with Crippen LogP contribution >= 0.6 is 0 Å². The second-order valence-electron chi connectivity index (χ2n) is 13.7. The van der Waals surface area contributed by atoms with Gasteiger partial charge in [0, 0.05) is 56.4 Å². The molecule has 0 saturated carbocycles. The third-order valence-electron chi connectivity index (χ3n) is 9.83. The fourth-order valence-electron chi connectivity index (χ4n) is 6.85. The first-order valence-corrected chi connectivity index (χ1v) is 19.5. The largest absolute Gasteiger partial charge is 0.311 e. The van der Waals surface area contributed by atoms with Crippen LogP contribution < -0.4 is 9.80 Å².